The van der Waals surface area contributed by atoms with Gasteiger partial charge >= 0.3 is 18.8 Å². The first-order chi connectivity index (χ1) is 25.3. The third kappa shape index (κ3) is 7.72. The fraction of sp³-hybridized carbons (Fsp3) is 0.412. The van der Waals surface area contributed by atoms with E-state index in [2.05, 4.69) is 25.8 Å². The van der Waals surface area contributed by atoms with Crippen molar-refractivity contribution in [2.24, 2.45) is 11.3 Å². The van der Waals surface area contributed by atoms with Crippen LogP contribution in [0.1, 0.15) is 69.6 Å². The molecule has 2 amide bonds. The van der Waals surface area contributed by atoms with Gasteiger partial charge in [-0.3, -0.25) is 15.1 Å². The predicted molar refractivity (Wildman–Crippen MR) is 179 cm³/mol. The summed E-state index contributed by atoms with van der Waals surface area (Å²) in [6, 6.07) is 7.89. The average Bonchev–Trinajstić information content (AvgIpc) is 3.40. The number of nitrogens with one attached hydrogen (secondary N) is 3. The normalized spacial score (nSPS) is 20.8. The molecule has 0 spiro atoms. The van der Waals surface area contributed by atoms with Crippen molar-refractivity contribution in [3.05, 3.63) is 83.2 Å². The molecule has 2 fully saturated rings. The number of guanidine groups is 1. The van der Waals surface area contributed by atoms with Gasteiger partial charge in [0.15, 0.2) is 11.8 Å². The van der Waals surface area contributed by atoms with Gasteiger partial charge in [0.05, 0.1) is 28.9 Å². The number of halogens is 8. The van der Waals surface area contributed by atoms with Crippen LogP contribution in [0.3, 0.4) is 0 Å². The van der Waals surface area contributed by atoms with Crippen molar-refractivity contribution < 1.29 is 45.1 Å². The molecule has 1 saturated heterocycles. The Bertz CT molecular complexity index is 2050. The number of benzene rings is 2. The summed E-state index contributed by atoms with van der Waals surface area (Å²) in [4.78, 5) is 32.2. The van der Waals surface area contributed by atoms with Crippen LogP contribution in [0.25, 0.3) is 16.8 Å². The molecule has 0 bridgehead atoms. The number of amides is 2. The fourth-order valence-electron chi connectivity index (χ4n) is 6.54. The second-order valence-electron chi connectivity index (χ2n) is 14.1. The highest BCUT2D eigenvalue weighted by Crippen LogP contribution is 2.45. The number of alkyl halides is 7. The summed E-state index contributed by atoms with van der Waals surface area (Å²) in [5, 5.41) is 21.7. The zero-order chi connectivity index (χ0) is 39.3. The Morgan fingerprint density at radius 1 is 1.09 bits per heavy atom. The van der Waals surface area contributed by atoms with Gasteiger partial charge in [0.1, 0.15) is 18.5 Å². The Hall–Kier alpha value is -5.20. The standard InChI is InChI=1S/C34H33ClF7N9O3/c1-32(2,3)15-33(20-7-4-17(5-8-20)19-12-45-49(13-19)29(38)39)28(52)50(30(43)48-33)25(14-54-31(53)47-23-11-21(23)34(40,41)42)18-6-9-22(35)24(10-18)51-27(26(36)37)44-16-46-51/h4-10,12-13,16,21,23,25-26,29H,11,14-15H2,1-3H3,(H2,43,48)(H,47,53)/t21-,23-,25-,33-/m1/s1. The first-order valence-corrected chi connectivity index (χ1v) is 16.8. The molecule has 0 unspecified atom stereocenters. The minimum Gasteiger partial charge on any atom is -0.447 e. The van der Waals surface area contributed by atoms with Crippen LogP contribution in [0, 0.1) is 16.7 Å². The van der Waals surface area contributed by atoms with E-state index in [1.807, 2.05) is 20.8 Å². The largest absolute Gasteiger partial charge is 0.447 e. The molecule has 6 rings (SSSR count). The molecule has 1 saturated carbocycles. The summed E-state index contributed by atoms with van der Waals surface area (Å²) in [5.74, 6) is -3.61. The Morgan fingerprint density at radius 3 is 2.39 bits per heavy atom. The monoisotopic (exact) mass is 783 g/mol. The molecule has 3 N–H and O–H groups in total. The maximum absolute atomic E-state index is 14.9. The Morgan fingerprint density at radius 2 is 1.80 bits per heavy atom. The van der Waals surface area contributed by atoms with Crippen molar-refractivity contribution in [1.82, 2.24) is 40.1 Å². The summed E-state index contributed by atoms with van der Waals surface area (Å²) in [7, 11) is 0. The summed E-state index contributed by atoms with van der Waals surface area (Å²) < 4.78 is 100. The molecule has 288 valence electrons. The molecule has 12 nitrogen and oxygen atoms in total. The molecule has 1 aliphatic heterocycles. The SMILES string of the molecule is CC(C)(C)C[C@]1(c2ccc(-c3cnn(C(F)F)c3)cc2)NC(=N)N([C@H](COC(=O)N[C@@H]2C[C@H]2C(F)(F)F)c2ccc(Cl)c(-n3ncnc3C(F)F)c2)C1=O. The molecule has 4 aromatic rings. The lowest BCUT2D eigenvalue weighted by molar-refractivity contribution is -0.149. The number of alkyl carbamates (subject to hydrolysis) is 1. The second kappa shape index (κ2) is 14.2. The van der Waals surface area contributed by atoms with E-state index in [4.69, 9.17) is 21.7 Å². The number of carbonyl (C=O) groups excluding carboxylic acids is 2. The van der Waals surface area contributed by atoms with E-state index in [9.17, 15) is 40.3 Å². The molecule has 3 heterocycles. The van der Waals surface area contributed by atoms with Crippen molar-refractivity contribution in [2.45, 2.75) is 70.4 Å². The van der Waals surface area contributed by atoms with Crippen LogP contribution in [0.15, 0.2) is 61.2 Å². The third-order valence-corrected chi connectivity index (χ3v) is 9.33. The van der Waals surface area contributed by atoms with Crippen LogP contribution >= 0.6 is 11.6 Å². The molecule has 2 aliphatic rings. The van der Waals surface area contributed by atoms with Gasteiger partial charge in [-0.2, -0.15) is 32.1 Å². The highest BCUT2D eigenvalue weighted by atomic mass is 35.5. The lowest BCUT2D eigenvalue weighted by Gasteiger charge is -2.35. The van der Waals surface area contributed by atoms with Gasteiger partial charge in [-0.05, 0) is 47.1 Å². The summed E-state index contributed by atoms with van der Waals surface area (Å²) in [6.45, 7) is 2.06. The van der Waals surface area contributed by atoms with Crippen molar-refractivity contribution in [1.29, 1.82) is 5.41 Å². The van der Waals surface area contributed by atoms with E-state index < -0.39 is 78.5 Å². The van der Waals surface area contributed by atoms with E-state index in [0.29, 0.717) is 21.4 Å². The fourth-order valence-corrected chi connectivity index (χ4v) is 6.74. The van der Waals surface area contributed by atoms with E-state index >= 15 is 0 Å². The van der Waals surface area contributed by atoms with Crippen molar-refractivity contribution in [3.8, 4) is 16.8 Å². The van der Waals surface area contributed by atoms with Crippen LogP contribution in [0.4, 0.5) is 35.5 Å². The number of rotatable bonds is 11. The Kier molecular flexibility index (Phi) is 10.1. The molecule has 2 aromatic carbocycles. The van der Waals surface area contributed by atoms with Crippen LogP contribution < -0.4 is 10.6 Å². The smallest absolute Gasteiger partial charge is 0.407 e. The van der Waals surface area contributed by atoms with E-state index in [1.54, 1.807) is 24.3 Å². The lowest BCUT2D eigenvalue weighted by Crippen LogP contribution is -2.47. The molecule has 0 radical (unpaired) electrons. The van der Waals surface area contributed by atoms with Gasteiger partial charge in [-0.25, -0.2) is 27.9 Å². The van der Waals surface area contributed by atoms with E-state index in [-0.39, 0.29) is 29.1 Å². The van der Waals surface area contributed by atoms with Gasteiger partial charge in [0, 0.05) is 17.8 Å². The van der Waals surface area contributed by atoms with Gasteiger partial charge in [0.2, 0.25) is 0 Å². The Labute approximate surface area is 308 Å². The van der Waals surface area contributed by atoms with E-state index in [1.165, 1.54) is 24.4 Å². The van der Waals surface area contributed by atoms with Crippen LogP contribution in [0.5, 0.6) is 0 Å². The minimum absolute atomic E-state index is 0.0438. The summed E-state index contributed by atoms with van der Waals surface area (Å²) in [6.07, 6.45) is -5.70. The van der Waals surface area contributed by atoms with Gasteiger partial charge in [0.25, 0.3) is 12.3 Å². The van der Waals surface area contributed by atoms with Crippen LogP contribution in [0.2, 0.25) is 5.02 Å². The second-order valence-corrected chi connectivity index (χ2v) is 14.6. The molecule has 1 aliphatic carbocycles. The molecule has 54 heavy (non-hydrogen) atoms. The van der Waals surface area contributed by atoms with Crippen molar-refractivity contribution >= 4 is 29.6 Å². The van der Waals surface area contributed by atoms with Crippen molar-refractivity contribution in [2.75, 3.05) is 6.61 Å². The Balaban J connectivity index is 1.38. The topological polar surface area (TPSA) is 143 Å². The van der Waals surface area contributed by atoms with E-state index in [0.717, 1.165) is 22.1 Å². The minimum atomic E-state index is -4.52. The molecule has 2 aromatic heterocycles. The first-order valence-electron chi connectivity index (χ1n) is 16.4. The highest BCUT2D eigenvalue weighted by Gasteiger charge is 2.57. The lowest BCUT2D eigenvalue weighted by atomic mass is 9.75. The van der Waals surface area contributed by atoms with Gasteiger partial charge < -0.3 is 15.4 Å². The number of aromatic nitrogens is 5. The highest BCUT2D eigenvalue weighted by molar-refractivity contribution is 6.32. The maximum Gasteiger partial charge on any atom is 0.407 e. The molecular formula is C34H33ClF7N9O3. The first kappa shape index (κ1) is 38.5. The average molecular weight is 784 g/mol. The third-order valence-electron chi connectivity index (χ3n) is 9.02. The quantitative estimate of drug-likeness (QED) is 0.134. The number of hydrogen-bond acceptors (Lipinski definition) is 7. The maximum atomic E-state index is 14.9. The zero-order valence-corrected chi connectivity index (χ0v) is 29.5. The molecule has 20 heteroatoms. The number of nitrogens with zero attached hydrogens (tertiary/aromatic N) is 6. The number of carbonyl (C=O) groups is 2. The van der Waals surface area contributed by atoms with Crippen LogP contribution in [-0.2, 0) is 15.1 Å². The summed E-state index contributed by atoms with van der Waals surface area (Å²) >= 11 is 6.40. The predicted octanol–water partition coefficient (Wildman–Crippen LogP) is 7.53. The van der Waals surface area contributed by atoms with Gasteiger partial charge in [-0.15, -0.1) is 0 Å². The van der Waals surface area contributed by atoms with Crippen LogP contribution in [-0.4, -0.2) is 66.2 Å². The molecule has 4 atom stereocenters. The summed E-state index contributed by atoms with van der Waals surface area (Å²) in [5.41, 5.74) is -0.830. The zero-order valence-electron chi connectivity index (χ0n) is 28.7. The molecular weight excluding hydrogens is 751 g/mol. The van der Waals surface area contributed by atoms with Gasteiger partial charge in [-0.1, -0.05) is 62.7 Å². The number of hydrogen-bond donors (Lipinski definition) is 3. The van der Waals surface area contributed by atoms with Crippen molar-refractivity contribution in [3.63, 3.8) is 0 Å². The number of ether oxygens (including phenoxy) is 1.